The standard InChI is InChI=1S/C27H28N2O5/c1-32-27(31)23-9-5-6-10-24(23)29-25(30)17-19-11-16-26(28-18-19)34-22-14-12-21(13-15-22)33-20-7-3-2-4-8-20/h5-6,9-16,18,20H,2-4,7-8,17H2,1H3,(H,29,30). The molecule has 34 heavy (non-hydrogen) atoms. The van der Waals surface area contributed by atoms with Crippen LogP contribution in [-0.4, -0.2) is 30.1 Å². The first-order chi connectivity index (χ1) is 16.6. The number of aromatic nitrogens is 1. The van der Waals surface area contributed by atoms with Gasteiger partial charge in [0.05, 0.1) is 30.9 Å². The molecule has 0 radical (unpaired) electrons. The third kappa shape index (κ3) is 6.34. The number of carbonyl (C=O) groups is 2. The van der Waals surface area contributed by atoms with Crippen molar-refractivity contribution in [3.8, 4) is 17.4 Å². The maximum Gasteiger partial charge on any atom is 0.339 e. The first kappa shape index (κ1) is 23.3. The number of rotatable bonds is 8. The molecule has 1 N–H and O–H groups in total. The molecule has 1 amide bonds. The van der Waals surface area contributed by atoms with E-state index in [0.717, 1.165) is 24.2 Å². The van der Waals surface area contributed by atoms with Gasteiger partial charge in [0.1, 0.15) is 11.5 Å². The minimum atomic E-state index is -0.507. The molecule has 2 aromatic carbocycles. The number of amides is 1. The van der Waals surface area contributed by atoms with E-state index in [1.165, 1.54) is 26.4 Å². The number of anilines is 1. The maximum absolute atomic E-state index is 12.5. The van der Waals surface area contributed by atoms with Crippen LogP contribution in [0.1, 0.15) is 48.0 Å². The Morgan fingerprint density at radius 2 is 1.68 bits per heavy atom. The maximum atomic E-state index is 12.5. The number of benzene rings is 2. The molecule has 0 bridgehead atoms. The summed E-state index contributed by atoms with van der Waals surface area (Å²) in [5, 5.41) is 2.75. The molecular weight excluding hydrogens is 432 g/mol. The second-order valence-corrected chi connectivity index (χ2v) is 8.22. The number of nitrogens with one attached hydrogen (secondary N) is 1. The Morgan fingerprint density at radius 3 is 2.38 bits per heavy atom. The van der Waals surface area contributed by atoms with Crippen LogP contribution in [0.4, 0.5) is 5.69 Å². The predicted molar refractivity (Wildman–Crippen MR) is 128 cm³/mol. The molecule has 0 unspecified atom stereocenters. The van der Waals surface area contributed by atoms with Crippen molar-refractivity contribution < 1.29 is 23.8 Å². The summed E-state index contributed by atoms with van der Waals surface area (Å²) < 4.78 is 16.6. The zero-order valence-corrected chi connectivity index (χ0v) is 19.2. The molecule has 0 aliphatic heterocycles. The van der Waals surface area contributed by atoms with Gasteiger partial charge in [-0.25, -0.2) is 9.78 Å². The van der Waals surface area contributed by atoms with Crippen LogP contribution in [0.25, 0.3) is 0 Å². The SMILES string of the molecule is COC(=O)c1ccccc1NC(=O)Cc1ccc(Oc2ccc(OC3CCCCC3)cc2)nc1. The first-order valence-corrected chi connectivity index (χ1v) is 11.5. The average Bonchev–Trinajstić information content (AvgIpc) is 2.87. The lowest BCUT2D eigenvalue weighted by atomic mass is 9.98. The third-order valence-electron chi connectivity index (χ3n) is 5.67. The summed E-state index contributed by atoms with van der Waals surface area (Å²) in [6.07, 6.45) is 8.01. The molecule has 3 aromatic rings. The summed E-state index contributed by atoms with van der Waals surface area (Å²) in [6, 6.07) is 17.8. The molecule has 1 aromatic heterocycles. The summed E-state index contributed by atoms with van der Waals surface area (Å²) in [5.74, 6) is 1.17. The number of para-hydroxylation sites is 1. The van der Waals surface area contributed by atoms with Crippen LogP contribution in [0, 0.1) is 0 Å². The van der Waals surface area contributed by atoms with Gasteiger partial charge in [-0.15, -0.1) is 0 Å². The van der Waals surface area contributed by atoms with Crippen molar-refractivity contribution >= 4 is 17.6 Å². The predicted octanol–water partition coefficient (Wildman–Crippen LogP) is 5.55. The van der Waals surface area contributed by atoms with Crippen molar-refractivity contribution in [1.29, 1.82) is 0 Å². The van der Waals surface area contributed by atoms with Gasteiger partial charge in [0.15, 0.2) is 0 Å². The average molecular weight is 461 g/mol. The molecule has 7 nitrogen and oxygen atoms in total. The molecule has 4 rings (SSSR count). The van der Waals surface area contributed by atoms with E-state index in [-0.39, 0.29) is 12.3 Å². The van der Waals surface area contributed by atoms with Gasteiger partial charge in [0.2, 0.25) is 11.8 Å². The Bertz CT molecular complexity index is 1110. The number of ether oxygens (including phenoxy) is 3. The lowest BCUT2D eigenvalue weighted by Gasteiger charge is -2.23. The van der Waals surface area contributed by atoms with Gasteiger partial charge in [-0.2, -0.15) is 0 Å². The highest BCUT2D eigenvalue weighted by Gasteiger charge is 2.15. The van der Waals surface area contributed by atoms with Crippen molar-refractivity contribution in [3.05, 3.63) is 78.0 Å². The number of esters is 1. The van der Waals surface area contributed by atoms with E-state index in [1.54, 1.807) is 42.6 Å². The lowest BCUT2D eigenvalue weighted by molar-refractivity contribution is -0.115. The zero-order valence-electron chi connectivity index (χ0n) is 19.2. The van der Waals surface area contributed by atoms with Crippen molar-refractivity contribution in [2.24, 2.45) is 0 Å². The normalized spacial score (nSPS) is 13.7. The Kier molecular flexibility index (Phi) is 7.75. The van der Waals surface area contributed by atoms with Crippen molar-refractivity contribution in [1.82, 2.24) is 4.98 Å². The Labute approximate surface area is 199 Å². The van der Waals surface area contributed by atoms with E-state index in [2.05, 4.69) is 10.3 Å². The van der Waals surface area contributed by atoms with E-state index in [4.69, 9.17) is 14.2 Å². The summed E-state index contributed by atoms with van der Waals surface area (Å²) in [4.78, 5) is 28.6. The molecule has 0 spiro atoms. The smallest absolute Gasteiger partial charge is 0.339 e. The first-order valence-electron chi connectivity index (χ1n) is 11.5. The van der Waals surface area contributed by atoms with Gasteiger partial charge in [-0.05, 0) is 67.6 Å². The summed E-state index contributed by atoms with van der Waals surface area (Å²) in [6.45, 7) is 0. The number of nitrogens with zero attached hydrogens (tertiary/aromatic N) is 1. The Morgan fingerprint density at radius 1 is 0.941 bits per heavy atom. The number of pyridine rings is 1. The highest BCUT2D eigenvalue weighted by molar-refractivity contribution is 6.01. The Balaban J connectivity index is 1.30. The second kappa shape index (κ2) is 11.3. The van der Waals surface area contributed by atoms with Crippen LogP contribution < -0.4 is 14.8 Å². The van der Waals surface area contributed by atoms with Gasteiger partial charge in [-0.1, -0.05) is 24.6 Å². The van der Waals surface area contributed by atoms with Gasteiger partial charge in [0.25, 0.3) is 0 Å². The van der Waals surface area contributed by atoms with Crippen LogP contribution in [0.3, 0.4) is 0 Å². The van der Waals surface area contributed by atoms with Crippen LogP contribution in [0.15, 0.2) is 66.9 Å². The van der Waals surface area contributed by atoms with E-state index in [9.17, 15) is 9.59 Å². The third-order valence-corrected chi connectivity index (χ3v) is 5.67. The van der Waals surface area contributed by atoms with Crippen molar-refractivity contribution in [3.63, 3.8) is 0 Å². The Hall–Kier alpha value is -3.87. The minimum Gasteiger partial charge on any atom is -0.490 e. The molecule has 176 valence electrons. The highest BCUT2D eigenvalue weighted by Crippen LogP contribution is 2.26. The minimum absolute atomic E-state index is 0.107. The molecule has 1 aliphatic rings. The van der Waals surface area contributed by atoms with Crippen molar-refractivity contribution in [2.45, 2.75) is 44.6 Å². The van der Waals surface area contributed by atoms with Crippen LogP contribution >= 0.6 is 0 Å². The van der Waals surface area contributed by atoms with E-state index in [0.29, 0.717) is 29.0 Å². The van der Waals surface area contributed by atoms with E-state index < -0.39 is 5.97 Å². The number of carbonyl (C=O) groups excluding carboxylic acids is 2. The topological polar surface area (TPSA) is 86.8 Å². The van der Waals surface area contributed by atoms with Crippen molar-refractivity contribution in [2.75, 3.05) is 12.4 Å². The fourth-order valence-corrected chi connectivity index (χ4v) is 3.92. The van der Waals surface area contributed by atoms with E-state index >= 15 is 0 Å². The summed E-state index contributed by atoms with van der Waals surface area (Å²) in [7, 11) is 1.30. The number of methoxy groups -OCH3 is 1. The molecule has 1 aliphatic carbocycles. The zero-order chi connectivity index (χ0) is 23.8. The number of hydrogen-bond donors (Lipinski definition) is 1. The van der Waals surface area contributed by atoms with Crippen LogP contribution in [0.2, 0.25) is 0 Å². The molecule has 1 saturated carbocycles. The van der Waals surface area contributed by atoms with Gasteiger partial charge in [0, 0.05) is 12.3 Å². The van der Waals surface area contributed by atoms with Crippen LogP contribution in [-0.2, 0) is 16.0 Å². The molecule has 1 fully saturated rings. The van der Waals surface area contributed by atoms with Gasteiger partial charge < -0.3 is 19.5 Å². The van der Waals surface area contributed by atoms with E-state index in [1.807, 2.05) is 24.3 Å². The lowest BCUT2D eigenvalue weighted by Crippen LogP contribution is -2.19. The van der Waals surface area contributed by atoms with Gasteiger partial charge >= 0.3 is 5.97 Å². The summed E-state index contributed by atoms with van der Waals surface area (Å²) >= 11 is 0. The second-order valence-electron chi connectivity index (χ2n) is 8.22. The largest absolute Gasteiger partial charge is 0.490 e. The fraction of sp³-hybridized carbons (Fsp3) is 0.296. The fourth-order valence-electron chi connectivity index (χ4n) is 3.92. The number of hydrogen-bond acceptors (Lipinski definition) is 6. The molecule has 0 saturated heterocycles. The molecule has 1 heterocycles. The monoisotopic (exact) mass is 460 g/mol. The highest BCUT2D eigenvalue weighted by atomic mass is 16.5. The molecule has 7 heteroatoms. The quantitative estimate of drug-likeness (QED) is 0.443. The van der Waals surface area contributed by atoms with Gasteiger partial charge in [-0.3, -0.25) is 4.79 Å². The molecule has 0 atom stereocenters. The summed E-state index contributed by atoms with van der Waals surface area (Å²) in [5.41, 5.74) is 1.43. The van der Waals surface area contributed by atoms with Crippen LogP contribution in [0.5, 0.6) is 17.4 Å². The molecular formula is C27H28N2O5.